The molecule has 1 aromatic heterocycles. The molecule has 0 saturated carbocycles. The molecule has 0 aliphatic heterocycles. The Labute approximate surface area is 55.2 Å². The fourth-order valence-corrected chi connectivity index (χ4v) is 0.478. The topological polar surface area (TPSA) is 98.4 Å². The van der Waals surface area contributed by atoms with Crippen molar-refractivity contribution in [2.24, 2.45) is 0 Å². The lowest BCUT2D eigenvalue weighted by Gasteiger charge is -1.91. The first-order valence-electron chi connectivity index (χ1n) is 2.47. The molecule has 0 spiro atoms. The largest absolute Gasteiger partial charge is 0.308 e. The van der Waals surface area contributed by atoms with E-state index < -0.39 is 5.56 Å². The molecule has 0 aromatic carbocycles. The second-order valence-corrected chi connectivity index (χ2v) is 1.54. The molecule has 0 bridgehead atoms. The van der Waals surface area contributed by atoms with Crippen LogP contribution in [0.25, 0.3) is 0 Å². The summed E-state index contributed by atoms with van der Waals surface area (Å²) in [6.45, 7) is 0. The van der Waals surface area contributed by atoms with Gasteiger partial charge in [0.15, 0.2) is 0 Å². The van der Waals surface area contributed by atoms with Crippen LogP contribution in [0, 0.1) is 10.8 Å². The summed E-state index contributed by atoms with van der Waals surface area (Å²) in [7, 11) is 0. The molecule has 1 heterocycles. The average Bonchev–Trinajstić information content (AvgIpc) is 1.95. The number of H-pyrrole nitrogens is 1. The number of hydrogen-bond donors (Lipinski definition) is 3. The van der Waals surface area contributed by atoms with Crippen LogP contribution >= 0.6 is 0 Å². The Hall–Kier alpha value is -1.72. The zero-order valence-corrected chi connectivity index (χ0v) is 4.96. The highest BCUT2D eigenvalue weighted by molar-refractivity contribution is 5.51. The molecular formula is C4H5N5O. The Morgan fingerprint density at radius 2 is 2.50 bits per heavy atom. The van der Waals surface area contributed by atoms with Crippen LogP contribution in [0.15, 0.2) is 11.1 Å². The van der Waals surface area contributed by atoms with Gasteiger partial charge in [-0.2, -0.15) is 9.78 Å². The highest BCUT2D eigenvalue weighted by Gasteiger charge is 1.90. The lowest BCUT2D eigenvalue weighted by atomic mass is 10.8. The predicted octanol–water partition coefficient (Wildman–Crippen LogP) is -1.49. The van der Waals surface area contributed by atoms with Crippen molar-refractivity contribution in [3.05, 3.63) is 22.2 Å². The van der Waals surface area contributed by atoms with Gasteiger partial charge in [-0.1, -0.05) is 0 Å². The summed E-state index contributed by atoms with van der Waals surface area (Å²) in [5.41, 5.74) is -0.906. The molecule has 0 aliphatic rings. The van der Waals surface area contributed by atoms with Crippen molar-refractivity contribution in [3.63, 3.8) is 0 Å². The lowest BCUT2D eigenvalue weighted by molar-refractivity contribution is 0.774. The number of nitrogens with zero attached hydrogens (tertiary/aromatic N) is 2. The van der Waals surface area contributed by atoms with E-state index in [1.54, 1.807) is 0 Å². The van der Waals surface area contributed by atoms with Gasteiger partial charge >= 0.3 is 0 Å². The first-order chi connectivity index (χ1) is 4.75. The Kier molecular flexibility index (Phi) is 1.44. The van der Waals surface area contributed by atoms with Crippen LogP contribution in [0.4, 0.5) is 0 Å². The SMILES string of the molecule is N=Cn1nc[nH]c(=O)c1=N. The standard InChI is InChI=1S/C4H5N5O/c5-1-9-3(6)4(10)7-2-8-9/h1-2,5-6H,(H,7,8,10). The average molecular weight is 139 g/mol. The molecule has 6 heteroatoms. The van der Waals surface area contributed by atoms with Crippen LogP contribution in [-0.4, -0.2) is 21.1 Å². The molecule has 0 amide bonds. The fourth-order valence-electron chi connectivity index (χ4n) is 0.478. The van der Waals surface area contributed by atoms with Gasteiger partial charge in [0.25, 0.3) is 5.56 Å². The van der Waals surface area contributed by atoms with Gasteiger partial charge in [0, 0.05) is 0 Å². The van der Waals surface area contributed by atoms with E-state index in [-0.39, 0.29) is 5.49 Å². The van der Waals surface area contributed by atoms with E-state index in [9.17, 15) is 4.79 Å². The van der Waals surface area contributed by atoms with Crippen molar-refractivity contribution in [3.8, 4) is 0 Å². The predicted molar refractivity (Wildman–Crippen MR) is 32.9 cm³/mol. The molecule has 10 heavy (non-hydrogen) atoms. The second kappa shape index (κ2) is 2.26. The first kappa shape index (κ1) is 6.40. The van der Waals surface area contributed by atoms with Crippen molar-refractivity contribution in [1.82, 2.24) is 14.8 Å². The number of rotatable bonds is 1. The minimum atomic E-state index is -0.557. The summed E-state index contributed by atoms with van der Waals surface area (Å²) >= 11 is 0. The van der Waals surface area contributed by atoms with E-state index in [4.69, 9.17) is 10.8 Å². The van der Waals surface area contributed by atoms with Crippen LogP contribution in [-0.2, 0) is 0 Å². The van der Waals surface area contributed by atoms with Crippen molar-refractivity contribution in [1.29, 1.82) is 10.8 Å². The van der Waals surface area contributed by atoms with E-state index >= 15 is 0 Å². The third-order valence-corrected chi connectivity index (χ3v) is 0.944. The van der Waals surface area contributed by atoms with E-state index in [2.05, 4.69) is 10.1 Å². The minimum absolute atomic E-state index is 0.350. The van der Waals surface area contributed by atoms with Gasteiger partial charge in [0.2, 0.25) is 5.49 Å². The Bertz CT molecular complexity index is 347. The van der Waals surface area contributed by atoms with Gasteiger partial charge < -0.3 is 4.98 Å². The van der Waals surface area contributed by atoms with E-state index in [0.717, 1.165) is 17.3 Å². The van der Waals surface area contributed by atoms with Crippen LogP contribution in [0.2, 0.25) is 0 Å². The fraction of sp³-hybridized carbons (Fsp3) is 0. The number of nitrogens with one attached hydrogen (secondary N) is 3. The summed E-state index contributed by atoms with van der Waals surface area (Å²) in [5, 5.41) is 17.2. The van der Waals surface area contributed by atoms with E-state index in [1.165, 1.54) is 0 Å². The van der Waals surface area contributed by atoms with Crippen LogP contribution in [0.3, 0.4) is 0 Å². The second-order valence-electron chi connectivity index (χ2n) is 1.54. The lowest BCUT2D eigenvalue weighted by Crippen LogP contribution is -2.37. The number of aromatic amines is 1. The first-order valence-corrected chi connectivity index (χ1v) is 2.47. The molecule has 1 aromatic rings. The normalized spacial score (nSPS) is 9.20. The number of aromatic nitrogens is 3. The quantitative estimate of drug-likeness (QED) is 0.326. The molecule has 0 atom stereocenters. The van der Waals surface area contributed by atoms with Gasteiger partial charge in [-0.3, -0.25) is 15.6 Å². The molecule has 0 radical (unpaired) electrons. The van der Waals surface area contributed by atoms with Crippen LogP contribution in [0.5, 0.6) is 0 Å². The molecule has 6 nitrogen and oxygen atoms in total. The molecule has 3 N–H and O–H groups in total. The van der Waals surface area contributed by atoms with Gasteiger partial charge in [0.05, 0.1) is 0 Å². The molecule has 52 valence electrons. The van der Waals surface area contributed by atoms with Crippen LogP contribution in [0.1, 0.15) is 0 Å². The maximum absolute atomic E-state index is 10.6. The Morgan fingerprint density at radius 1 is 1.80 bits per heavy atom. The Balaban J connectivity index is 3.58. The smallest absolute Gasteiger partial charge is 0.293 e. The van der Waals surface area contributed by atoms with Crippen LogP contribution < -0.4 is 11.0 Å². The minimum Gasteiger partial charge on any atom is -0.308 e. The van der Waals surface area contributed by atoms with Gasteiger partial charge in [-0.25, -0.2) is 0 Å². The summed E-state index contributed by atoms with van der Waals surface area (Å²) < 4.78 is 0.860. The van der Waals surface area contributed by atoms with Gasteiger partial charge in [-0.05, 0) is 0 Å². The van der Waals surface area contributed by atoms with Crippen molar-refractivity contribution in [2.75, 3.05) is 0 Å². The number of hydrogen-bond acceptors (Lipinski definition) is 4. The van der Waals surface area contributed by atoms with Gasteiger partial charge in [0.1, 0.15) is 12.7 Å². The zero-order valence-electron chi connectivity index (χ0n) is 4.96. The maximum Gasteiger partial charge on any atom is 0.293 e. The summed E-state index contributed by atoms with van der Waals surface area (Å²) in [5.74, 6) is 0. The molecular weight excluding hydrogens is 134 g/mol. The maximum atomic E-state index is 10.6. The monoisotopic (exact) mass is 139 g/mol. The van der Waals surface area contributed by atoms with Gasteiger partial charge in [-0.15, -0.1) is 0 Å². The van der Waals surface area contributed by atoms with Crippen molar-refractivity contribution in [2.45, 2.75) is 0 Å². The highest BCUT2D eigenvalue weighted by atomic mass is 16.1. The third-order valence-electron chi connectivity index (χ3n) is 0.944. The summed E-state index contributed by atoms with van der Waals surface area (Å²) in [4.78, 5) is 12.8. The zero-order chi connectivity index (χ0) is 7.56. The molecule has 0 saturated heterocycles. The van der Waals surface area contributed by atoms with E-state index in [1.807, 2.05) is 0 Å². The molecule has 0 fully saturated rings. The molecule has 1 rings (SSSR count). The van der Waals surface area contributed by atoms with E-state index in [0.29, 0.717) is 0 Å². The summed E-state index contributed by atoms with van der Waals surface area (Å²) in [6.07, 6.45) is 1.92. The highest BCUT2D eigenvalue weighted by Crippen LogP contribution is 1.53. The summed E-state index contributed by atoms with van der Waals surface area (Å²) in [6, 6.07) is 0. The third kappa shape index (κ3) is 0.859. The van der Waals surface area contributed by atoms with Crippen molar-refractivity contribution < 1.29 is 0 Å². The molecule has 0 aliphatic carbocycles. The molecule has 0 unspecified atom stereocenters. The van der Waals surface area contributed by atoms with Crippen molar-refractivity contribution >= 4 is 6.34 Å². The Morgan fingerprint density at radius 3 is 3.00 bits per heavy atom.